The lowest BCUT2D eigenvalue weighted by Crippen LogP contribution is -2.29. The average molecular weight is 253 g/mol. The number of hydrogen-bond donors (Lipinski definition) is 1. The van der Waals surface area contributed by atoms with E-state index >= 15 is 0 Å². The SMILES string of the molecule is CC1(C)Cc2sc3c(c2C1)CCN(S)C3=O. The van der Waals surface area contributed by atoms with E-state index in [-0.39, 0.29) is 5.91 Å². The van der Waals surface area contributed by atoms with E-state index in [9.17, 15) is 4.79 Å². The van der Waals surface area contributed by atoms with Crippen LogP contribution < -0.4 is 0 Å². The van der Waals surface area contributed by atoms with Crippen molar-refractivity contribution in [3.05, 3.63) is 20.9 Å². The lowest BCUT2D eigenvalue weighted by molar-refractivity contribution is 0.0868. The van der Waals surface area contributed by atoms with Crippen LogP contribution in [0.3, 0.4) is 0 Å². The molecule has 0 N–H and O–H groups in total. The summed E-state index contributed by atoms with van der Waals surface area (Å²) in [5.74, 6) is 0.0989. The Morgan fingerprint density at radius 3 is 2.81 bits per heavy atom. The molecule has 1 aromatic heterocycles. The van der Waals surface area contributed by atoms with Crippen LogP contribution in [0, 0.1) is 5.41 Å². The van der Waals surface area contributed by atoms with Crippen molar-refractivity contribution < 1.29 is 4.79 Å². The first-order valence-electron chi connectivity index (χ1n) is 5.62. The van der Waals surface area contributed by atoms with Gasteiger partial charge < -0.3 is 0 Å². The third-order valence-corrected chi connectivity index (χ3v) is 5.14. The number of amides is 1. The Bertz CT molecular complexity index is 476. The van der Waals surface area contributed by atoms with Gasteiger partial charge in [-0.3, -0.25) is 9.10 Å². The smallest absolute Gasteiger partial charge is 0.273 e. The van der Waals surface area contributed by atoms with Crippen molar-refractivity contribution in [2.24, 2.45) is 5.41 Å². The molecule has 0 saturated carbocycles. The lowest BCUT2D eigenvalue weighted by Gasteiger charge is -2.23. The van der Waals surface area contributed by atoms with Crippen LogP contribution in [0.2, 0.25) is 0 Å². The molecule has 0 bridgehead atoms. The Hall–Kier alpha value is -0.480. The van der Waals surface area contributed by atoms with Crippen LogP contribution >= 0.6 is 24.2 Å². The normalized spacial score (nSPS) is 22.2. The molecule has 1 amide bonds. The van der Waals surface area contributed by atoms with Crippen LogP contribution in [-0.2, 0) is 19.3 Å². The van der Waals surface area contributed by atoms with Crippen molar-refractivity contribution in [3.63, 3.8) is 0 Å². The van der Waals surface area contributed by atoms with Crippen molar-refractivity contribution in [3.8, 4) is 0 Å². The molecule has 4 heteroatoms. The zero-order chi connectivity index (χ0) is 11.5. The van der Waals surface area contributed by atoms with Crippen LogP contribution in [0.25, 0.3) is 0 Å². The number of thiol groups is 1. The van der Waals surface area contributed by atoms with E-state index in [1.807, 2.05) is 0 Å². The van der Waals surface area contributed by atoms with Gasteiger partial charge in [0.1, 0.15) is 0 Å². The van der Waals surface area contributed by atoms with Crippen LogP contribution in [0.5, 0.6) is 0 Å². The molecule has 0 atom stereocenters. The minimum Gasteiger partial charge on any atom is -0.284 e. The molecule has 0 radical (unpaired) electrons. The molecule has 2 heterocycles. The number of nitrogens with zero attached hydrogens (tertiary/aromatic N) is 1. The van der Waals surface area contributed by atoms with Gasteiger partial charge in [-0.15, -0.1) is 11.3 Å². The van der Waals surface area contributed by atoms with Crippen LogP contribution in [0.1, 0.15) is 39.5 Å². The molecule has 1 aliphatic carbocycles. The molecule has 0 saturated heterocycles. The molecule has 16 heavy (non-hydrogen) atoms. The Kier molecular flexibility index (Phi) is 2.17. The van der Waals surface area contributed by atoms with Gasteiger partial charge in [0.05, 0.1) is 4.88 Å². The summed E-state index contributed by atoms with van der Waals surface area (Å²) in [4.78, 5) is 14.3. The van der Waals surface area contributed by atoms with Gasteiger partial charge in [-0.05, 0) is 35.8 Å². The molecular formula is C12H15NOS2. The fourth-order valence-corrected chi connectivity index (χ4v) is 4.59. The molecule has 0 spiro atoms. The van der Waals surface area contributed by atoms with Gasteiger partial charge in [-0.1, -0.05) is 26.7 Å². The number of fused-ring (bicyclic) bond motifs is 3. The number of rotatable bonds is 0. The molecule has 2 aliphatic rings. The van der Waals surface area contributed by atoms with Gasteiger partial charge in [-0.25, -0.2) is 0 Å². The Morgan fingerprint density at radius 2 is 2.06 bits per heavy atom. The molecule has 1 aromatic rings. The van der Waals surface area contributed by atoms with Crippen LogP contribution in [0.4, 0.5) is 0 Å². The van der Waals surface area contributed by atoms with E-state index in [1.54, 1.807) is 15.6 Å². The molecule has 3 rings (SSSR count). The van der Waals surface area contributed by atoms with Gasteiger partial charge in [-0.2, -0.15) is 0 Å². The summed E-state index contributed by atoms with van der Waals surface area (Å²) >= 11 is 5.89. The minimum atomic E-state index is 0.0989. The fraction of sp³-hybridized carbons (Fsp3) is 0.583. The highest BCUT2D eigenvalue weighted by molar-refractivity contribution is 7.78. The number of carbonyl (C=O) groups is 1. The predicted molar refractivity (Wildman–Crippen MR) is 69.2 cm³/mol. The van der Waals surface area contributed by atoms with Gasteiger partial charge >= 0.3 is 0 Å². The Morgan fingerprint density at radius 1 is 1.31 bits per heavy atom. The number of carbonyl (C=O) groups excluding carboxylic acids is 1. The van der Waals surface area contributed by atoms with Crippen molar-refractivity contribution in [1.29, 1.82) is 0 Å². The van der Waals surface area contributed by atoms with Crippen molar-refractivity contribution >= 4 is 30.1 Å². The van der Waals surface area contributed by atoms with E-state index in [2.05, 4.69) is 26.7 Å². The van der Waals surface area contributed by atoms with E-state index in [0.29, 0.717) is 5.41 Å². The van der Waals surface area contributed by atoms with Gasteiger partial charge in [0.25, 0.3) is 5.91 Å². The standard InChI is InChI=1S/C12H15NOS2/c1-12(2)5-8-7-3-4-13(15)11(14)10(7)16-9(8)6-12/h15H,3-6H2,1-2H3. The highest BCUT2D eigenvalue weighted by Gasteiger charge is 2.37. The second kappa shape index (κ2) is 3.26. The van der Waals surface area contributed by atoms with Crippen LogP contribution in [0.15, 0.2) is 0 Å². The molecular weight excluding hydrogens is 238 g/mol. The second-order valence-corrected chi connectivity index (χ2v) is 7.10. The monoisotopic (exact) mass is 253 g/mol. The Labute approximate surface area is 105 Å². The van der Waals surface area contributed by atoms with E-state index < -0.39 is 0 Å². The number of hydrogen-bond acceptors (Lipinski definition) is 3. The first-order chi connectivity index (χ1) is 7.48. The molecule has 0 unspecified atom stereocenters. The molecule has 0 fully saturated rings. The summed E-state index contributed by atoms with van der Waals surface area (Å²) < 4.78 is 1.54. The summed E-state index contributed by atoms with van der Waals surface area (Å²) in [6, 6.07) is 0. The van der Waals surface area contributed by atoms with Gasteiger partial charge in [0.2, 0.25) is 0 Å². The quantitative estimate of drug-likeness (QED) is 0.705. The van der Waals surface area contributed by atoms with Gasteiger partial charge in [0.15, 0.2) is 0 Å². The van der Waals surface area contributed by atoms with Crippen molar-refractivity contribution in [1.82, 2.24) is 4.31 Å². The molecule has 86 valence electrons. The van der Waals surface area contributed by atoms with Gasteiger partial charge in [0, 0.05) is 11.4 Å². The number of thiophene rings is 1. The summed E-state index contributed by atoms with van der Waals surface area (Å²) in [6.45, 7) is 5.36. The largest absolute Gasteiger partial charge is 0.284 e. The second-order valence-electron chi connectivity index (χ2n) is 5.51. The Balaban J connectivity index is 2.08. The topological polar surface area (TPSA) is 20.3 Å². The maximum atomic E-state index is 11.9. The lowest BCUT2D eigenvalue weighted by atomic mass is 9.89. The third kappa shape index (κ3) is 1.43. The van der Waals surface area contributed by atoms with E-state index in [4.69, 9.17) is 0 Å². The summed E-state index contributed by atoms with van der Waals surface area (Å²) in [5.41, 5.74) is 3.18. The zero-order valence-electron chi connectivity index (χ0n) is 9.54. The third-order valence-electron chi connectivity index (χ3n) is 3.50. The summed E-state index contributed by atoms with van der Waals surface area (Å²) in [6.07, 6.45) is 3.24. The summed E-state index contributed by atoms with van der Waals surface area (Å²) in [7, 11) is 0. The van der Waals surface area contributed by atoms with Crippen LogP contribution in [-0.4, -0.2) is 16.8 Å². The summed E-state index contributed by atoms with van der Waals surface area (Å²) in [5, 5.41) is 0. The minimum absolute atomic E-state index is 0.0989. The average Bonchev–Trinajstić information content (AvgIpc) is 2.64. The maximum Gasteiger partial charge on any atom is 0.273 e. The first-order valence-corrected chi connectivity index (χ1v) is 6.84. The molecule has 1 aliphatic heterocycles. The first kappa shape index (κ1) is 10.7. The van der Waals surface area contributed by atoms with Crippen molar-refractivity contribution in [2.75, 3.05) is 6.54 Å². The maximum absolute atomic E-state index is 11.9. The highest BCUT2D eigenvalue weighted by atomic mass is 32.1. The molecule has 2 nitrogen and oxygen atoms in total. The highest BCUT2D eigenvalue weighted by Crippen LogP contribution is 2.45. The fourth-order valence-electron chi connectivity index (χ4n) is 2.75. The predicted octanol–water partition coefficient (Wildman–Crippen LogP) is 2.72. The van der Waals surface area contributed by atoms with Crippen molar-refractivity contribution in [2.45, 2.75) is 33.1 Å². The van der Waals surface area contributed by atoms with E-state index in [0.717, 1.165) is 30.7 Å². The van der Waals surface area contributed by atoms with E-state index in [1.165, 1.54) is 16.0 Å². The zero-order valence-corrected chi connectivity index (χ0v) is 11.3. The molecule has 0 aromatic carbocycles.